The maximum absolute atomic E-state index is 12.0. The van der Waals surface area contributed by atoms with Gasteiger partial charge >= 0.3 is 0 Å². The zero-order chi connectivity index (χ0) is 14.2. The van der Waals surface area contributed by atoms with Gasteiger partial charge in [0.25, 0.3) is 5.91 Å². The van der Waals surface area contributed by atoms with Gasteiger partial charge in [-0.3, -0.25) is 4.79 Å². The molecule has 1 aromatic carbocycles. The molecule has 0 bridgehead atoms. The molecule has 0 aromatic heterocycles. The number of carbonyl (C=O) groups is 1. The van der Waals surface area contributed by atoms with E-state index in [1.165, 1.54) is 6.07 Å². The highest BCUT2D eigenvalue weighted by molar-refractivity contribution is 7.91. The van der Waals surface area contributed by atoms with Gasteiger partial charge in [-0.05, 0) is 12.1 Å². The van der Waals surface area contributed by atoms with Crippen LogP contribution in [0.1, 0.15) is 10.4 Å². The molecule has 2 rings (SSSR count). The number of rotatable bonds is 2. The van der Waals surface area contributed by atoms with Crippen LogP contribution in [0.5, 0.6) is 0 Å². The molecule has 0 aliphatic carbocycles. The molecule has 19 heavy (non-hydrogen) atoms. The first-order valence-electron chi connectivity index (χ1n) is 5.39. The minimum atomic E-state index is -3.20. The quantitative estimate of drug-likeness (QED) is 0.838. The Labute approximate surface area is 125 Å². The summed E-state index contributed by atoms with van der Waals surface area (Å²) in [7, 11) is -3.20. The lowest BCUT2D eigenvalue weighted by Crippen LogP contribution is -2.40. The van der Waals surface area contributed by atoms with E-state index in [1.807, 2.05) is 0 Å². The summed E-state index contributed by atoms with van der Waals surface area (Å²) in [4.78, 5) is 12.0. The molecule has 1 heterocycles. The zero-order valence-electron chi connectivity index (χ0n) is 9.57. The van der Waals surface area contributed by atoms with E-state index in [0.717, 1.165) is 0 Å². The van der Waals surface area contributed by atoms with Crippen molar-refractivity contribution in [2.75, 3.05) is 11.5 Å². The first kappa shape index (κ1) is 14.9. The van der Waals surface area contributed by atoms with Crippen LogP contribution in [0.4, 0.5) is 0 Å². The molecule has 8 heteroatoms. The van der Waals surface area contributed by atoms with Crippen molar-refractivity contribution in [3.8, 4) is 0 Å². The largest absolute Gasteiger partial charge is 0.347 e. The second-order valence-corrected chi connectivity index (χ2v) is 7.77. The molecule has 1 aliphatic rings. The van der Waals surface area contributed by atoms with E-state index in [0.29, 0.717) is 0 Å². The lowest BCUT2D eigenvalue weighted by molar-refractivity contribution is 0.0941. The maximum atomic E-state index is 12.0. The molecular formula is C11H10Cl3NO3S. The Bertz CT molecular complexity index is 618. The molecule has 1 aromatic rings. The summed E-state index contributed by atoms with van der Waals surface area (Å²) < 4.78 is 22.8. The number of amides is 1. The number of nitrogens with one attached hydrogen (secondary N) is 1. The lowest BCUT2D eigenvalue weighted by atomic mass is 10.2. The van der Waals surface area contributed by atoms with Gasteiger partial charge in [0, 0.05) is 0 Å². The molecule has 1 amide bonds. The van der Waals surface area contributed by atoms with Crippen LogP contribution < -0.4 is 5.32 Å². The predicted molar refractivity (Wildman–Crippen MR) is 76.0 cm³/mol. The molecule has 0 spiro atoms. The number of halogens is 3. The highest BCUT2D eigenvalue weighted by atomic mass is 35.5. The summed E-state index contributed by atoms with van der Waals surface area (Å²) in [6.45, 7) is 0. The van der Waals surface area contributed by atoms with E-state index < -0.39 is 27.2 Å². The van der Waals surface area contributed by atoms with Crippen molar-refractivity contribution in [3.63, 3.8) is 0 Å². The van der Waals surface area contributed by atoms with Gasteiger partial charge in [0.15, 0.2) is 9.84 Å². The second-order valence-electron chi connectivity index (χ2n) is 4.27. The van der Waals surface area contributed by atoms with Crippen LogP contribution in [0.3, 0.4) is 0 Å². The van der Waals surface area contributed by atoms with Crippen molar-refractivity contribution in [2.45, 2.75) is 11.4 Å². The highest BCUT2D eigenvalue weighted by Gasteiger charge is 2.37. The van der Waals surface area contributed by atoms with Crippen LogP contribution in [-0.2, 0) is 9.84 Å². The van der Waals surface area contributed by atoms with Gasteiger partial charge in [-0.2, -0.15) is 0 Å². The standard InChI is InChI=1S/C11H10Cl3NO3S/c12-7-3-1-2-6(10(7)14)11(16)15-9-5-19(17,18)4-8(9)13/h1-3,8-9H,4-5H2,(H,15,16). The number of alkyl halides is 1. The Hall–Kier alpha value is -0.490. The molecule has 104 valence electrons. The molecular weight excluding hydrogens is 333 g/mol. The van der Waals surface area contributed by atoms with Crippen LogP contribution in [0, 0.1) is 0 Å². The Morgan fingerprint density at radius 3 is 2.53 bits per heavy atom. The van der Waals surface area contributed by atoms with Gasteiger partial charge in [0.1, 0.15) is 0 Å². The fourth-order valence-electron chi connectivity index (χ4n) is 1.86. The molecule has 1 fully saturated rings. The van der Waals surface area contributed by atoms with E-state index in [1.54, 1.807) is 12.1 Å². The number of sulfone groups is 1. The average Bonchev–Trinajstić information content (AvgIpc) is 2.55. The molecule has 2 unspecified atom stereocenters. The summed E-state index contributed by atoms with van der Waals surface area (Å²) in [6.07, 6.45) is 0. The number of hydrogen-bond acceptors (Lipinski definition) is 3. The fourth-order valence-corrected chi connectivity index (χ4v) is 4.80. The molecule has 0 radical (unpaired) electrons. The summed E-state index contributed by atoms with van der Waals surface area (Å²) in [5, 5.41) is 2.34. The topological polar surface area (TPSA) is 63.2 Å². The third-order valence-corrected chi connectivity index (χ3v) is 5.99. The van der Waals surface area contributed by atoms with Crippen LogP contribution in [0.15, 0.2) is 18.2 Å². The Balaban J connectivity index is 2.16. The van der Waals surface area contributed by atoms with E-state index >= 15 is 0 Å². The zero-order valence-corrected chi connectivity index (χ0v) is 12.7. The number of benzene rings is 1. The Morgan fingerprint density at radius 1 is 1.26 bits per heavy atom. The van der Waals surface area contributed by atoms with E-state index in [4.69, 9.17) is 34.8 Å². The normalized spacial score (nSPS) is 25.2. The van der Waals surface area contributed by atoms with Gasteiger partial charge in [-0.1, -0.05) is 29.3 Å². The van der Waals surface area contributed by atoms with Crippen LogP contribution in [-0.4, -0.2) is 37.2 Å². The third kappa shape index (κ3) is 3.34. The molecule has 4 nitrogen and oxygen atoms in total. The Kier molecular flexibility index (Phi) is 4.30. The molecule has 1 N–H and O–H groups in total. The van der Waals surface area contributed by atoms with E-state index in [2.05, 4.69) is 5.32 Å². The minimum Gasteiger partial charge on any atom is -0.347 e. The lowest BCUT2D eigenvalue weighted by Gasteiger charge is -2.15. The van der Waals surface area contributed by atoms with Crippen molar-refractivity contribution in [3.05, 3.63) is 33.8 Å². The summed E-state index contributed by atoms with van der Waals surface area (Å²) >= 11 is 17.6. The monoisotopic (exact) mass is 341 g/mol. The van der Waals surface area contributed by atoms with Crippen LogP contribution in [0.2, 0.25) is 10.0 Å². The second kappa shape index (κ2) is 5.48. The SMILES string of the molecule is O=C(NC1CS(=O)(=O)CC1Cl)c1cccc(Cl)c1Cl. The summed E-state index contributed by atoms with van der Waals surface area (Å²) in [5.74, 6) is -0.784. The van der Waals surface area contributed by atoms with Gasteiger partial charge in [-0.25, -0.2) is 8.42 Å². The average molecular weight is 343 g/mol. The van der Waals surface area contributed by atoms with Crippen molar-refractivity contribution in [2.24, 2.45) is 0 Å². The van der Waals surface area contributed by atoms with Gasteiger partial charge in [-0.15, -0.1) is 11.6 Å². The smallest absolute Gasteiger partial charge is 0.253 e. The Morgan fingerprint density at radius 2 is 1.95 bits per heavy atom. The summed E-state index contributed by atoms with van der Waals surface area (Å²) in [6, 6.07) is 4.04. The fraction of sp³-hybridized carbons (Fsp3) is 0.364. The highest BCUT2D eigenvalue weighted by Crippen LogP contribution is 2.26. The van der Waals surface area contributed by atoms with Crippen molar-refractivity contribution < 1.29 is 13.2 Å². The van der Waals surface area contributed by atoms with E-state index in [-0.39, 0.29) is 27.1 Å². The van der Waals surface area contributed by atoms with Gasteiger partial charge in [0.05, 0.1) is 38.5 Å². The summed E-state index contributed by atoms with van der Waals surface area (Å²) in [5.41, 5.74) is 0.197. The first-order valence-corrected chi connectivity index (χ1v) is 8.41. The van der Waals surface area contributed by atoms with E-state index in [9.17, 15) is 13.2 Å². The minimum absolute atomic E-state index is 0.133. The van der Waals surface area contributed by atoms with Crippen molar-refractivity contribution in [1.82, 2.24) is 5.32 Å². The number of carbonyl (C=O) groups excluding carboxylic acids is 1. The van der Waals surface area contributed by atoms with Crippen molar-refractivity contribution in [1.29, 1.82) is 0 Å². The predicted octanol–water partition coefficient (Wildman–Crippen LogP) is 2.13. The first-order chi connectivity index (χ1) is 8.80. The molecule has 2 atom stereocenters. The van der Waals surface area contributed by atoms with Gasteiger partial charge in [0.2, 0.25) is 0 Å². The van der Waals surface area contributed by atoms with Crippen LogP contribution >= 0.6 is 34.8 Å². The third-order valence-electron chi connectivity index (χ3n) is 2.80. The van der Waals surface area contributed by atoms with Crippen LogP contribution in [0.25, 0.3) is 0 Å². The van der Waals surface area contributed by atoms with Crippen molar-refractivity contribution >= 4 is 50.5 Å². The maximum Gasteiger partial charge on any atom is 0.253 e. The van der Waals surface area contributed by atoms with Gasteiger partial charge < -0.3 is 5.32 Å². The number of hydrogen-bond donors (Lipinski definition) is 1. The molecule has 0 saturated carbocycles. The molecule has 1 saturated heterocycles. The molecule has 1 aliphatic heterocycles.